The Hall–Kier alpha value is -0.975. The molecule has 7 heteroatoms. The maximum Gasteiger partial charge on any atom is 0.513 e. The Balaban J connectivity index is 3.04. The molecule has 0 atom stereocenters. The molecule has 0 unspecified atom stereocenters. The van der Waals surface area contributed by atoms with E-state index in [1.54, 1.807) is 0 Å². The Morgan fingerprint density at radius 3 is 2.33 bits per heavy atom. The Labute approximate surface area is 86.3 Å². The van der Waals surface area contributed by atoms with E-state index < -0.39 is 12.4 Å². The molecule has 15 heavy (non-hydrogen) atoms. The van der Waals surface area contributed by atoms with Gasteiger partial charge in [-0.1, -0.05) is 5.46 Å². The van der Waals surface area contributed by atoms with E-state index in [1.165, 1.54) is 25.6 Å². The molecule has 1 rings (SSSR count). The summed E-state index contributed by atoms with van der Waals surface area (Å²) >= 11 is 0. The molecule has 1 heterocycles. The zero-order valence-corrected chi connectivity index (χ0v) is 8.93. The third-order valence-electron chi connectivity index (χ3n) is 2.27. The van der Waals surface area contributed by atoms with Crippen molar-refractivity contribution >= 4 is 12.4 Å². The zero-order chi connectivity index (χ0) is 11.6. The fourth-order valence-electron chi connectivity index (χ4n) is 1.58. The molecule has 1 aromatic heterocycles. The van der Waals surface area contributed by atoms with E-state index in [2.05, 4.69) is 5.10 Å². The van der Waals surface area contributed by atoms with Crippen molar-refractivity contribution in [2.24, 2.45) is 0 Å². The predicted molar refractivity (Wildman–Crippen MR) is 52.3 cm³/mol. The first kappa shape index (κ1) is 12.1. The molecular formula is C8H13BF3N2O-. The lowest BCUT2D eigenvalue weighted by atomic mass is 9.78. The van der Waals surface area contributed by atoms with Gasteiger partial charge in [0, 0.05) is 18.5 Å². The minimum atomic E-state index is -4.98. The molecule has 0 aliphatic rings. The van der Waals surface area contributed by atoms with Crippen LogP contribution in [0.3, 0.4) is 0 Å². The summed E-state index contributed by atoms with van der Waals surface area (Å²) in [6.07, 6.45) is 0. The molecule has 1 aromatic rings. The highest BCUT2D eigenvalue weighted by Gasteiger charge is 2.32. The van der Waals surface area contributed by atoms with Crippen LogP contribution in [-0.4, -0.2) is 30.5 Å². The highest BCUT2D eigenvalue weighted by molar-refractivity contribution is 6.74. The minimum Gasteiger partial charge on any atom is -0.445 e. The number of ether oxygens (including phenoxy) is 1. The number of nitrogens with zero attached hydrogens (tertiary/aromatic N) is 2. The van der Waals surface area contributed by atoms with E-state index in [-0.39, 0.29) is 11.4 Å². The van der Waals surface area contributed by atoms with Crippen molar-refractivity contribution in [2.75, 3.05) is 13.7 Å². The molecule has 3 nitrogen and oxygen atoms in total. The number of aryl methyl sites for hydroxylation is 1. The Bertz CT molecular complexity index is 348. The van der Waals surface area contributed by atoms with E-state index >= 15 is 0 Å². The molecule has 86 valence electrons. The summed E-state index contributed by atoms with van der Waals surface area (Å²) in [7, 11) is 1.50. The molecule has 0 aliphatic heterocycles. The zero-order valence-electron chi connectivity index (χ0n) is 8.93. The van der Waals surface area contributed by atoms with Crippen LogP contribution in [0.25, 0.3) is 0 Å². The van der Waals surface area contributed by atoms with E-state index in [9.17, 15) is 12.9 Å². The molecule has 0 spiro atoms. The van der Waals surface area contributed by atoms with Crippen molar-refractivity contribution < 1.29 is 17.7 Å². The Morgan fingerprint density at radius 1 is 1.33 bits per heavy atom. The van der Waals surface area contributed by atoms with Gasteiger partial charge in [-0.2, -0.15) is 5.10 Å². The third kappa shape index (κ3) is 2.53. The molecule has 0 saturated heterocycles. The molecule has 0 bridgehead atoms. The minimum absolute atomic E-state index is 0.0381. The van der Waals surface area contributed by atoms with Gasteiger partial charge in [-0.3, -0.25) is 4.68 Å². The van der Waals surface area contributed by atoms with Crippen LogP contribution in [0.4, 0.5) is 12.9 Å². The monoisotopic (exact) mass is 221 g/mol. The average molecular weight is 221 g/mol. The Kier molecular flexibility index (Phi) is 3.44. The summed E-state index contributed by atoms with van der Waals surface area (Å²) in [6.45, 7) is -1.48. The lowest BCUT2D eigenvalue weighted by Crippen LogP contribution is -2.37. The first-order chi connectivity index (χ1) is 6.88. The van der Waals surface area contributed by atoms with Gasteiger partial charge in [0.15, 0.2) is 0 Å². The SMILES string of the molecule is COCCn1nc(C)c([B-](F)(F)F)c1C. The molecule has 0 N–H and O–H groups in total. The largest absolute Gasteiger partial charge is 0.513 e. The summed E-state index contributed by atoms with van der Waals surface area (Å²) in [5, 5.41) is 3.85. The van der Waals surface area contributed by atoms with Crippen molar-refractivity contribution in [1.82, 2.24) is 9.78 Å². The second-order valence-electron chi connectivity index (χ2n) is 3.38. The lowest BCUT2D eigenvalue weighted by molar-refractivity contribution is 0.182. The van der Waals surface area contributed by atoms with Crippen LogP contribution in [0.15, 0.2) is 0 Å². The van der Waals surface area contributed by atoms with Crippen LogP contribution < -0.4 is 5.46 Å². The van der Waals surface area contributed by atoms with Gasteiger partial charge < -0.3 is 17.7 Å². The van der Waals surface area contributed by atoms with Crippen LogP contribution in [0, 0.1) is 13.8 Å². The van der Waals surface area contributed by atoms with Crippen molar-refractivity contribution in [1.29, 1.82) is 0 Å². The number of methoxy groups -OCH3 is 1. The summed E-state index contributed by atoms with van der Waals surface area (Å²) in [6, 6.07) is 0. The summed E-state index contributed by atoms with van der Waals surface area (Å²) in [5.74, 6) is 0. The summed E-state index contributed by atoms with van der Waals surface area (Å²) < 4.78 is 44.0. The van der Waals surface area contributed by atoms with Crippen LogP contribution in [-0.2, 0) is 11.3 Å². The van der Waals surface area contributed by atoms with Crippen LogP contribution in [0.5, 0.6) is 0 Å². The van der Waals surface area contributed by atoms with Crippen LogP contribution in [0.1, 0.15) is 11.4 Å². The van der Waals surface area contributed by atoms with Gasteiger partial charge in [-0.15, -0.1) is 0 Å². The normalized spacial score (nSPS) is 12.1. The maximum atomic E-state index is 12.6. The highest BCUT2D eigenvalue weighted by atomic mass is 19.4. The number of hydrogen-bond acceptors (Lipinski definition) is 2. The van der Waals surface area contributed by atoms with Crippen molar-refractivity contribution in [2.45, 2.75) is 20.4 Å². The fraction of sp³-hybridized carbons (Fsp3) is 0.625. The van der Waals surface area contributed by atoms with E-state index in [4.69, 9.17) is 4.74 Å². The molecule has 0 aliphatic carbocycles. The predicted octanol–water partition coefficient (Wildman–Crippen LogP) is 1.20. The molecular weight excluding hydrogens is 208 g/mol. The number of halogens is 3. The third-order valence-corrected chi connectivity index (χ3v) is 2.27. The average Bonchev–Trinajstić information content (AvgIpc) is 2.36. The number of hydrogen-bond donors (Lipinski definition) is 0. The maximum absolute atomic E-state index is 12.6. The summed E-state index contributed by atoms with van der Waals surface area (Å²) in [4.78, 5) is 0. The van der Waals surface area contributed by atoms with Gasteiger partial charge in [-0.25, -0.2) is 0 Å². The lowest BCUT2D eigenvalue weighted by Gasteiger charge is -2.15. The van der Waals surface area contributed by atoms with Crippen LogP contribution >= 0.6 is 0 Å². The van der Waals surface area contributed by atoms with E-state index in [0.717, 1.165) is 0 Å². The second-order valence-corrected chi connectivity index (χ2v) is 3.38. The standard InChI is InChI=1S/C8H13BF3N2O/c1-6-8(9(10,11)12)7(2)14(13-6)4-5-15-3/h4-5H2,1-3H3/q-1. The molecule has 0 saturated carbocycles. The van der Waals surface area contributed by atoms with Gasteiger partial charge in [0.05, 0.1) is 13.2 Å². The van der Waals surface area contributed by atoms with E-state index in [1.807, 2.05) is 0 Å². The van der Waals surface area contributed by atoms with Crippen LogP contribution in [0.2, 0.25) is 0 Å². The molecule has 0 amide bonds. The topological polar surface area (TPSA) is 27.1 Å². The van der Waals surface area contributed by atoms with E-state index in [0.29, 0.717) is 13.2 Å². The van der Waals surface area contributed by atoms with Gasteiger partial charge in [-0.05, 0) is 13.8 Å². The summed E-state index contributed by atoms with van der Waals surface area (Å²) in [5.41, 5.74) is -0.376. The first-order valence-corrected chi connectivity index (χ1v) is 4.60. The second kappa shape index (κ2) is 4.26. The highest BCUT2D eigenvalue weighted by Crippen LogP contribution is 2.14. The van der Waals surface area contributed by atoms with Crippen molar-refractivity contribution in [3.8, 4) is 0 Å². The van der Waals surface area contributed by atoms with Gasteiger partial charge in [0.1, 0.15) is 0 Å². The molecule has 0 aromatic carbocycles. The first-order valence-electron chi connectivity index (χ1n) is 4.60. The van der Waals surface area contributed by atoms with Gasteiger partial charge in [0.25, 0.3) is 0 Å². The van der Waals surface area contributed by atoms with Crippen molar-refractivity contribution in [3.63, 3.8) is 0 Å². The van der Waals surface area contributed by atoms with Gasteiger partial charge >= 0.3 is 6.98 Å². The fourth-order valence-corrected chi connectivity index (χ4v) is 1.58. The Morgan fingerprint density at radius 2 is 1.93 bits per heavy atom. The molecule has 0 radical (unpaired) electrons. The molecule has 0 fully saturated rings. The van der Waals surface area contributed by atoms with Crippen molar-refractivity contribution in [3.05, 3.63) is 11.4 Å². The smallest absolute Gasteiger partial charge is 0.445 e. The number of rotatable bonds is 4. The van der Waals surface area contributed by atoms with Gasteiger partial charge in [0.2, 0.25) is 0 Å². The quantitative estimate of drug-likeness (QED) is 0.714. The number of aromatic nitrogens is 2.